The highest BCUT2D eigenvalue weighted by atomic mass is 32.1. The highest BCUT2D eigenvalue weighted by molar-refractivity contribution is 7.80. The molecule has 2 aromatic heterocycles. The molecule has 2 N–H and O–H groups in total. The zero-order chi connectivity index (χ0) is 22.7. The first-order valence-electron chi connectivity index (χ1n) is 10.3. The average molecular weight is 464 g/mol. The van der Waals surface area contributed by atoms with Gasteiger partial charge in [0.25, 0.3) is 5.56 Å². The van der Waals surface area contributed by atoms with Crippen LogP contribution >= 0.6 is 23.6 Å². The summed E-state index contributed by atoms with van der Waals surface area (Å²) in [6, 6.07) is 17.8. The van der Waals surface area contributed by atoms with E-state index in [-0.39, 0.29) is 5.56 Å². The molecular weight excluding hydrogens is 438 g/mol. The number of aromatic amines is 1. The highest BCUT2D eigenvalue weighted by Crippen LogP contribution is 2.25. The number of hydrogen-bond donors (Lipinski definition) is 2. The van der Waals surface area contributed by atoms with E-state index in [1.54, 1.807) is 18.4 Å². The predicted molar refractivity (Wildman–Crippen MR) is 137 cm³/mol. The van der Waals surface area contributed by atoms with Crippen LogP contribution in [0.4, 0.5) is 5.69 Å². The van der Waals surface area contributed by atoms with E-state index in [1.165, 1.54) is 0 Å². The minimum absolute atomic E-state index is 0.0949. The van der Waals surface area contributed by atoms with Crippen molar-refractivity contribution in [2.45, 2.75) is 26.9 Å². The standard InChI is InChI=1S/C25H25N3O2S2/c1-16-10-11-18-13-19(24(29)27-23(18)17(16)2)14-28(15-20-7-6-12-32-20)25(31)26-21-8-4-5-9-22(21)30-3/h4-13H,14-15H2,1-3H3,(H,26,31)(H,27,29). The van der Waals surface area contributed by atoms with E-state index in [0.717, 1.165) is 32.6 Å². The quantitative estimate of drug-likeness (QED) is 0.364. The van der Waals surface area contributed by atoms with Crippen LogP contribution in [0.15, 0.2) is 64.8 Å². The second-order valence-electron chi connectivity index (χ2n) is 7.66. The molecule has 0 amide bonds. The van der Waals surface area contributed by atoms with Crippen molar-refractivity contribution in [1.82, 2.24) is 9.88 Å². The van der Waals surface area contributed by atoms with Gasteiger partial charge >= 0.3 is 0 Å². The lowest BCUT2D eigenvalue weighted by Gasteiger charge is -2.26. The molecule has 2 aromatic carbocycles. The van der Waals surface area contributed by atoms with Gasteiger partial charge in [-0.05, 0) is 72.2 Å². The molecule has 164 valence electrons. The van der Waals surface area contributed by atoms with E-state index in [9.17, 15) is 4.79 Å². The van der Waals surface area contributed by atoms with Crippen LogP contribution in [0, 0.1) is 13.8 Å². The molecule has 0 spiro atoms. The third-order valence-corrected chi connectivity index (χ3v) is 6.77. The van der Waals surface area contributed by atoms with Crippen LogP contribution in [-0.4, -0.2) is 22.1 Å². The van der Waals surface area contributed by atoms with Gasteiger partial charge in [-0.2, -0.15) is 0 Å². The molecule has 0 aliphatic heterocycles. The number of aromatic nitrogens is 1. The molecule has 32 heavy (non-hydrogen) atoms. The molecular formula is C25H25N3O2S2. The van der Waals surface area contributed by atoms with E-state index < -0.39 is 0 Å². The molecule has 0 unspecified atom stereocenters. The number of thiophene rings is 1. The number of benzene rings is 2. The number of nitrogens with zero attached hydrogens (tertiary/aromatic N) is 1. The minimum atomic E-state index is -0.0949. The van der Waals surface area contributed by atoms with Crippen molar-refractivity contribution in [1.29, 1.82) is 0 Å². The summed E-state index contributed by atoms with van der Waals surface area (Å²) < 4.78 is 5.44. The zero-order valence-electron chi connectivity index (χ0n) is 18.3. The van der Waals surface area contributed by atoms with Gasteiger partial charge in [0.1, 0.15) is 5.75 Å². The topological polar surface area (TPSA) is 57.4 Å². The molecule has 5 nitrogen and oxygen atoms in total. The Morgan fingerprint density at radius 3 is 2.69 bits per heavy atom. The van der Waals surface area contributed by atoms with Crippen LogP contribution in [0.5, 0.6) is 5.75 Å². The lowest BCUT2D eigenvalue weighted by Crippen LogP contribution is -2.35. The van der Waals surface area contributed by atoms with Crippen molar-refractivity contribution >= 4 is 45.3 Å². The van der Waals surface area contributed by atoms with Gasteiger partial charge in [0.2, 0.25) is 0 Å². The maximum Gasteiger partial charge on any atom is 0.253 e. The maximum atomic E-state index is 13.0. The van der Waals surface area contributed by atoms with Gasteiger partial charge in [0, 0.05) is 10.4 Å². The van der Waals surface area contributed by atoms with Crippen LogP contribution in [0.3, 0.4) is 0 Å². The second kappa shape index (κ2) is 9.54. The lowest BCUT2D eigenvalue weighted by atomic mass is 10.0. The molecule has 0 aliphatic carbocycles. The van der Waals surface area contributed by atoms with E-state index >= 15 is 0 Å². The fraction of sp³-hybridized carbons (Fsp3) is 0.200. The van der Waals surface area contributed by atoms with Crippen molar-refractivity contribution in [3.8, 4) is 5.75 Å². The van der Waals surface area contributed by atoms with E-state index in [1.807, 2.05) is 66.6 Å². The third-order valence-electron chi connectivity index (χ3n) is 5.55. The number of para-hydroxylation sites is 2. The molecule has 4 aromatic rings. The van der Waals surface area contributed by atoms with Crippen LogP contribution < -0.4 is 15.6 Å². The zero-order valence-corrected chi connectivity index (χ0v) is 19.9. The summed E-state index contributed by atoms with van der Waals surface area (Å²) in [5.41, 5.74) is 4.49. The number of rotatable bonds is 6. The summed E-state index contributed by atoms with van der Waals surface area (Å²) in [6.45, 7) is 5.06. The van der Waals surface area contributed by atoms with E-state index in [2.05, 4.69) is 22.4 Å². The fourth-order valence-electron chi connectivity index (χ4n) is 3.63. The number of hydrogen-bond acceptors (Lipinski definition) is 4. The van der Waals surface area contributed by atoms with Gasteiger partial charge in [0.05, 0.1) is 31.4 Å². The SMILES string of the molecule is COc1ccccc1NC(=S)N(Cc1cccs1)Cc1cc2ccc(C)c(C)c2[nH]c1=O. The average Bonchev–Trinajstić information content (AvgIpc) is 3.30. The predicted octanol–water partition coefficient (Wildman–Crippen LogP) is 5.61. The summed E-state index contributed by atoms with van der Waals surface area (Å²) in [6.07, 6.45) is 0. The molecule has 0 aliphatic rings. The highest BCUT2D eigenvalue weighted by Gasteiger charge is 2.16. The van der Waals surface area contributed by atoms with Gasteiger partial charge in [-0.1, -0.05) is 30.3 Å². The Kier molecular flexibility index (Phi) is 6.58. The molecule has 0 saturated carbocycles. The normalized spacial score (nSPS) is 10.8. The van der Waals surface area contributed by atoms with Gasteiger partial charge in [-0.25, -0.2) is 0 Å². The largest absolute Gasteiger partial charge is 0.495 e. The molecule has 0 fully saturated rings. The summed E-state index contributed by atoms with van der Waals surface area (Å²) in [5.74, 6) is 0.709. The van der Waals surface area contributed by atoms with Crippen molar-refractivity contribution in [2.75, 3.05) is 12.4 Å². The van der Waals surface area contributed by atoms with E-state index in [4.69, 9.17) is 17.0 Å². The Morgan fingerprint density at radius 2 is 1.94 bits per heavy atom. The van der Waals surface area contributed by atoms with Crippen LogP contribution in [-0.2, 0) is 13.1 Å². The number of methoxy groups -OCH3 is 1. The molecule has 7 heteroatoms. The van der Waals surface area contributed by atoms with Crippen molar-refractivity contribution in [3.05, 3.63) is 91.9 Å². The molecule has 0 atom stereocenters. The third kappa shape index (κ3) is 4.69. The molecule has 4 rings (SSSR count). The number of ether oxygens (including phenoxy) is 1. The molecule has 0 saturated heterocycles. The number of H-pyrrole nitrogens is 1. The smallest absolute Gasteiger partial charge is 0.253 e. The molecule has 0 radical (unpaired) electrons. The van der Waals surface area contributed by atoms with E-state index in [0.29, 0.717) is 29.5 Å². The van der Waals surface area contributed by atoms with Crippen LogP contribution in [0.25, 0.3) is 10.9 Å². The number of nitrogens with one attached hydrogen (secondary N) is 2. The number of pyridine rings is 1. The Balaban J connectivity index is 1.66. The first-order chi connectivity index (χ1) is 15.5. The number of thiocarbonyl (C=S) groups is 1. The van der Waals surface area contributed by atoms with Gasteiger partial charge in [-0.3, -0.25) is 4.79 Å². The van der Waals surface area contributed by atoms with Gasteiger partial charge in [0.15, 0.2) is 5.11 Å². The Morgan fingerprint density at radius 1 is 1.12 bits per heavy atom. The maximum absolute atomic E-state index is 13.0. The van der Waals surface area contributed by atoms with Crippen molar-refractivity contribution in [2.24, 2.45) is 0 Å². The summed E-state index contributed by atoms with van der Waals surface area (Å²) in [7, 11) is 1.63. The number of aryl methyl sites for hydroxylation is 2. The second-order valence-corrected chi connectivity index (χ2v) is 9.08. The minimum Gasteiger partial charge on any atom is -0.495 e. The summed E-state index contributed by atoms with van der Waals surface area (Å²) in [5, 5.41) is 6.88. The van der Waals surface area contributed by atoms with Crippen molar-refractivity contribution < 1.29 is 4.74 Å². The first-order valence-corrected chi connectivity index (χ1v) is 11.6. The Hall–Kier alpha value is -3.16. The molecule has 0 bridgehead atoms. The monoisotopic (exact) mass is 463 g/mol. The lowest BCUT2D eigenvalue weighted by molar-refractivity contribution is 0.410. The Bertz CT molecular complexity index is 1310. The number of anilines is 1. The summed E-state index contributed by atoms with van der Waals surface area (Å²) in [4.78, 5) is 19.2. The molecule has 2 heterocycles. The van der Waals surface area contributed by atoms with Crippen molar-refractivity contribution in [3.63, 3.8) is 0 Å². The van der Waals surface area contributed by atoms with Gasteiger partial charge < -0.3 is 19.9 Å². The number of fused-ring (bicyclic) bond motifs is 1. The first kappa shape index (κ1) is 22.0. The van der Waals surface area contributed by atoms with Crippen LogP contribution in [0.2, 0.25) is 0 Å². The Labute approximate surface area is 196 Å². The fourth-order valence-corrected chi connectivity index (χ4v) is 4.58. The van der Waals surface area contributed by atoms with Crippen LogP contribution in [0.1, 0.15) is 21.6 Å². The van der Waals surface area contributed by atoms with Gasteiger partial charge in [-0.15, -0.1) is 11.3 Å². The summed E-state index contributed by atoms with van der Waals surface area (Å²) >= 11 is 7.43.